The zero-order valence-electron chi connectivity index (χ0n) is 9.52. The fraction of sp³-hybridized carbons (Fsp3) is 1.00. The number of phosphoric acid groups is 1. The maximum atomic E-state index is 10.3. The molecular weight excluding hydrogens is 348 g/mol. The molecule has 0 atom stereocenters. The summed E-state index contributed by atoms with van der Waals surface area (Å²) in [6, 6.07) is 0. The first kappa shape index (κ1) is 20.5. The summed E-state index contributed by atoms with van der Waals surface area (Å²) in [5.74, 6) is 0. The fourth-order valence-corrected chi connectivity index (χ4v) is 1.79. The van der Waals surface area contributed by atoms with Gasteiger partial charge in [0.05, 0.1) is 6.61 Å². The van der Waals surface area contributed by atoms with Gasteiger partial charge in [0, 0.05) is 0 Å². The van der Waals surface area contributed by atoms with E-state index in [0.29, 0.717) is 0 Å². The molecule has 4 nitrogen and oxygen atoms in total. The van der Waals surface area contributed by atoms with Crippen molar-refractivity contribution in [2.75, 3.05) is 6.61 Å². The van der Waals surface area contributed by atoms with E-state index in [1.165, 1.54) is 32.1 Å². The van der Waals surface area contributed by atoms with E-state index >= 15 is 0 Å². The molecule has 0 amide bonds. The fourth-order valence-electron chi connectivity index (χ4n) is 1.42. The van der Waals surface area contributed by atoms with E-state index in [2.05, 4.69) is 11.4 Å². The topological polar surface area (TPSA) is 66.8 Å². The minimum atomic E-state index is -4.24. The van der Waals surface area contributed by atoms with Crippen LogP contribution in [0, 0.1) is 0 Å². The molecule has 94 valence electrons. The Labute approximate surface area is 158 Å². The Morgan fingerprint density at radius 2 is 1.38 bits per heavy atom. The van der Waals surface area contributed by atoms with E-state index in [1.807, 2.05) is 0 Å². The van der Waals surface area contributed by atoms with Crippen LogP contribution in [0.3, 0.4) is 0 Å². The van der Waals surface area contributed by atoms with E-state index in [1.54, 1.807) is 0 Å². The van der Waals surface area contributed by atoms with Crippen molar-refractivity contribution in [3.63, 3.8) is 0 Å². The van der Waals surface area contributed by atoms with Crippen LogP contribution in [-0.4, -0.2) is 85.3 Å². The quantitative estimate of drug-likeness (QED) is 0.457. The Bertz CT molecular complexity index is 184. The van der Waals surface area contributed by atoms with Gasteiger partial charge >= 0.3 is 76.7 Å². The van der Waals surface area contributed by atoms with E-state index in [-0.39, 0.29) is 75.5 Å². The van der Waals surface area contributed by atoms with Crippen molar-refractivity contribution in [3.05, 3.63) is 0 Å². The van der Waals surface area contributed by atoms with E-state index < -0.39 is 7.82 Å². The maximum absolute atomic E-state index is 10.3. The first-order valence-electron chi connectivity index (χ1n) is 5.76. The van der Waals surface area contributed by atoms with Gasteiger partial charge in [-0.2, -0.15) is 0 Å². The van der Waals surface area contributed by atoms with Crippen LogP contribution < -0.4 is 0 Å². The molecule has 0 aliphatic rings. The Balaban J connectivity index is 0. The second-order valence-corrected chi connectivity index (χ2v) is 5.04. The summed E-state index contributed by atoms with van der Waals surface area (Å²) in [4.78, 5) is 16.8. The van der Waals surface area contributed by atoms with Crippen molar-refractivity contribution in [1.82, 2.24) is 0 Å². The molecule has 0 aliphatic heterocycles. The van der Waals surface area contributed by atoms with Crippen LogP contribution in [-0.2, 0) is 9.09 Å². The predicted octanol–water partition coefficient (Wildman–Crippen LogP) is 2.59. The average Bonchev–Trinajstić information content (AvgIpc) is 2.14. The van der Waals surface area contributed by atoms with E-state index in [0.717, 1.165) is 19.3 Å². The van der Waals surface area contributed by atoms with Crippen molar-refractivity contribution in [2.45, 2.75) is 58.3 Å². The summed E-state index contributed by atoms with van der Waals surface area (Å²) in [5, 5.41) is 0. The molecule has 6 heteroatoms. The van der Waals surface area contributed by atoms with Crippen LogP contribution in [0.1, 0.15) is 58.3 Å². The molecule has 0 fully saturated rings. The number of hydrogen-bond donors (Lipinski definition) is 2. The summed E-state index contributed by atoms with van der Waals surface area (Å²) in [6.45, 7) is 2.36. The monoisotopic (exact) mass is 372 g/mol. The summed E-state index contributed by atoms with van der Waals surface area (Å²) in [5.41, 5.74) is 0. The van der Waals surface area contributed by atoms with Gasteiger partial charge in [0.2, 0.25) is 0 Å². The zero-order valence-corrected chi connectivity index (χ0v) is 10.4. The van der Waals surface area contributed by atoms with E-state index in [4.69, 9.17) is 9.79 Å². The second-order valence-electron chi connectivity index (χ2n) is 3.80. The summed E-state index contributed by atoms with van der Waals surface area (Å²) in [6.07, 6.45) is 9.22. The Kier molecular flexibility index (Phi) is 17.4. The molecule has 0 radical (unpaired) electrons. The number of phosphoric ester groups is 1. The van der Waals surface area contributed by atoms with Crippen molar-refractivity contribution < 1.29 is 18.9 Å². The summed E-state index contributed by atoms with van der Waals surface area (Å²) < 4.78 is 14.7. The Morgan fingerprint density at radius 3 is 1.81 bits per heavy atom. The zero-order chi connectivity index (χ0) is 11.6. The van der Waals surface area contributed by atoms with Crippen LogP contribution in [0.25, 0.3) is 0 Å². The van der Waals surface area contributed by atoms with Crippen molar-refractivity contribution in [2.24, 2.45) is 0 Å². The van der Waals surface area contributed by atoms with Gasteiger partial charge in [-0.3, -0.25) is 4.52 Å². The van der Waals surface area contributed by atoms with Crippen molar-refractivity contribution >= 4 is 76.7 Å². The number of unbranched alkanes of at least 4 members (excludes halogenated alkanes) is 7. The van der Waals surface area contributed by atoms with Gasteiger partial charge in [-0.1, -0.05) is 51.9 Å². The van der Waals surface area contributed by atoms with Crippen LogP contribution >= 0.6 is 7.82 Å². The molecule has 2 N–H and O–H groups in total. The first-order valence-corrected chi connectivity index (χ1v) is 7.29. The molecule has 0 aliphatic carbocycles. The third-order valence-corrected chi connectivity index (χ3v) is 2.78. The molecule has 0 saturated heterocycles. The van der Waals surface area contributed by atoms with Gasteiger partial charge in [0.15, 0.2) is 0 Å². The van der Waals surface area contributed by atoms with Crippen LogP contribution in [0.15, 0.2) is 0 Å². The molecule has 0 bridgehead atoms. The molecule has 0 aromatic rings. The van der Waals surface area contributed by atoms with Crippen LogP contribution in [0.5, 0.6) is 0 Å². The van der Waals surface area contributed by atoms with Gasteiger partial charge in [-0.05, 0) is 6.42 Å². The van der Waals surface area contributed by atoms with Crippen molar-refractivity contribution in [1.29, 1.82) is 0 Å². The molecule has 0 rings (SSSR count). The molecule has 0 saturated carbocycles. The van der Waals surface area contributed by atoms with Gasteiger partial charge in [-0.15, -0.1) is 0 Å². The number of hydrogen-bond acceptors (Lipinski definition) is 2. The first-order chi connectivity index (χ1) is 7.06. The molecular formula is C10H24CsO4P. The Morgan fingerprint density at radius 1 is 0.938 bits per heavy atom. The predicted molar refractivity (Wildman–Crippen MR) is 67.8 cm³/mol. The normalized spacial score (nSPS) is 11.2. The molecule has 16 heavy (non-hydrogen) atoms. The third-order valence-electron chi connectivity index (χ3n) is 2.26. The molecule has 0 spiro atoms. The molecule has 0 aromatic heterocycles. The summed E-state index contributed by atoms with van der Waals surface area (Å²) >= 11 is 0. The average molecular weight is 372 g/mol. The summed E-state index contributed by atoms with van der Waals surface area (Å²) in [7, 11) is -4.24. The Hall–Kier alpha value is 2.16. The molecule has 0 unspecified atom stereocenters. The van der Waals surface area contributed by atoms with Crippen LogP contribution in [0.4, 0.5) is 0 Å². The van der Waals surface area contributed by atoms with Crippen LogP contribution in [0.2, 0.25) is 0 Å². The second kappa shape index (κ2) is 13.6. The standard InChI is InChI=1S/C10H23O4P.Cs.H/c1-2-3-4-5-6-7-8-9-10-14-15(11,12)13;;/h2-10H2,1H3,(H2,11,12,13);;. The molecule has 0 heterocycles. The van der Waals surface area contributed by atoms with Crippen molar-refractivity contribution in [3.8, 4) is 0 Å². The van der Waals surface area contributed by atoms with Gasteiger partial charge in [0.1, 0.15) is 0 Å². The third kappa shape index (κ3) is 18.5. The molecule has 0 aromatic carbocycles. The minimum absolute atomic E-state index is 0. The van der Waals surface area contributed by atoms with Gasteiger partial charge in [-0.25, -0.2) is 4.57 Å². The van der Waals surface area contributed by atoms with E-state index in [9.17, 15) is 4.57 Å². The number of rotatable bonds is 10. The SMILES string of the molecule is CCCCCCCCCCOP(=O)(O)O.[CsH]. The van der Waals surface area contributed by atoms with Gasteiger partial charge in [0.25, 0.3) is 0 Å². The van der Waals surface area contributed by atoms with Gasteiger partial charge < -0.3 is 9.79 Å².